The lowest BCUT2D eigenvalue weighted by atomic mass is 10.1. The van der Waals surface area contributed by atoms with Gasteiger partial charge < -0.3 is 14.4 Å². The fourth-order valence-corrected chi connectivity index (χ4v) is 2.29. The van der Waals surface area contributed by atoms with Crippen LogP contribution in [0.25, 0.3) is 0 Å². The van der Waals surface area contributed by atoms with Crippen LogP contribution in [0.5, 0.6) is 5.75 Å². The molecule has 0 fully saturated rings. The number of nitrogens with zero attached hydrogens (tertiary/aromatic N) is 1. The minimum absolute atomic E-state index is 0.164. The average Bonchev–Trinajstić information content (AvgIpc) is 2.49. The number of alkyl halides is 1. The summed E-state index contributed by atoms with van der Waals surface area (Å²) < 4.78 is 10.1. The van der Waals surface area contributed by atoms with Crippen LogP contribution in [-0.2, 0) is 16.0 Å². The smallest absolute Gasteiger partial charge is 0.223 e. The van der Waals surface area contributed by atoms with Crippen molar-refractivity contribution in [3.8, 4) is 5.75 Å². The molecule has 1 aromatic rings. The van der Waals surface area contributed by atoms with Gasteiger partial charge in [-0.25, -0.2) is 0 Å². The van der Waals surface area contributed by atoms with Crippen molar-refractivity contribution in [1.82, 2.24) is 4.90 Å². The second-order valence-electron chi connectivity index (χ2n) is 4.41. The number of aryl methyl sites for hydroxylation is 1. The Balaban J connectivity index is 2.46. The molecule has 0 aliphatic heterocycles. The van der Waals surface area contributed by atoms with Crippen molar-refractivity contribution in [3.63, 3.8) is 0 Å². The first-order valence-electron chi connectivity index (χ1n) is 6.67. The zero-order valence-corrected chi connectivity index (χ0v) is 13.7. The maximum Gasteiger partial charge on any atom is 0.223 e. The second kappa shape index (κ2) is 9.77. The largest absolute Gasteiger partial charge is 0.497 e. The minimum Gasteiger partial charge on any atom is -0.497 e. The van der Waals surface area contributed by atoms with Crippen LogP contribution in [-0.4, -0.2) is 50.1 Å². The van der Waals surface area contributed by atoms with Crippen molar-refractivity contribution in [2.75, 3.05) is 39.2 Å². The van der Waals surface area contributed by atoms with Gasteiger partial charge in [0.2, 0.25) is 5.91 Å². The fourth-order valence-electron chi connectivity index (χ4n) is 1.87. The molecule has 0 bridgehead atoms. The highest BCUT2D eigenvalue weighted by Gasteiger charge is 2.12. The van der Waals surface area contributed by atoms with E-state index < -0.39 is 0 Å². The summed E-state index contributed by atoms with van der Waals surface area (Å²) in [6, 6.07) is 7.83. The van der Waals surface area contributed by atoms with Crippen LogP contribution in [0.3, 0.4) is 0 Å². The molecule has 4 nitrogen and oxygen atoms in total. The van der Waals surface area contributed by atoms with Gasteiger partial charge in [0, 0.05) is 32.0 Å². The summed E-state index contributed by atoms with van der Waals surface area (Å²) in [4.78, 5) is 14.0. The van der Waals surface area contributed by atoms with E-state index in [4.69, 9.17) is 9.47 Å². The van der Waals surface area contributed by atoms with E-state index >= 15 is 0 Å². The van der Waals surface area contributed by atoms with Crippen LogP contribution in [0, 0.1) is 0 Å². The van der Waals surface area contributed by atoms with Gasteiger partial charge in [0.05, 0.1) is 13.7 Å². The average molecular weight is 344 g/mol. The Morgan fingerprint density at radius 3 is 2.45 bits per heavy atom. The molecule has 1 aromatic carbocycles. The standard InChI is InChI=1S/C15H22BrNO3/c1-19-12-11-17(10-9-16)15(18)8-5-13-3-6-14(20-2)7-4-13/h3-4,6-7H,5,8-12H2,1-2H3. The number of rotatable bonds is 9. The molecular weight excluding hydrogens is 322 g/mol. The molecule has 0 saturated heterocycles. The molecule has 0 heterocycles. The predicted molar refractivity (Wildman–Crippen MR) is 83.6 cm³/mol. The number of carbonyl (C=O) groups is 1. The first-order valence-corrected chi connectivity index (χ1v) is 7.79. The molecule has 0 N–H and O–H groups in total. The van der Waals surface area contributed by atoms with Gasteiger partial charge in [0.15, 0.2) is 0 Å². The van der Waals surface area contributed by atoms with Gasteiger partial charge in [-0.3, -0.25) is 4.79 Å². The summed E-state index contributed by atoms with van der Waals surface area (Å²) in [5, 5.41) is 0.783. The van der Waals surface area contributed by atoms with Crippen LogP contribution in [0.1, 0.15) is 12.0 Å². The highest BCUT2D eigenvalue weighted by Crippen LogP contribution is 2.13. The zero-order chi connectivity index (χ0) is 14.8. The van der Waals surface area contributed by atoms with Crippen molar-refractivity contribution < 1.29 is 14.3 Å². The van der Waals surface area contributed by atoms with E-state index in [1.807, 2.05) is 29.2 Å². The molecule has 1 amide bonds. The summed E-state index contributed by atoms with van der Waals surface area (Å²) >= 11 is 3.37. The van der Waals surface area contributed by atoms with E-state index in [2.05, 4.69) is 15.9 Å². The Hall–Kier alpha value is -1.07. The van der Waals surface area contributed by atoms with Crippen molar-refractivity contribution in [3.05, 3.63) is 29.8 Å². The molecule has 20 heavy (non-hydrogen) atoms. The van der Waals surface area contributed by atoms with Gasteiger partial charge in [-0.2, -0.15) is 0 Å². The van der Waals surface area contributed by atoms with E-state index in [1.165, 1.54) is 0 Å². The van der Waals surface area contributed by atoms with Gasteiger partial charge >= 0.3 is 0 Å². The molecule has 0 spiro atoms. The topological polar surface area (TPSA) is 38.8 Å². The summed E-state index contributed by atoms with van der Waals surface area (Å²) in [6.45, 7) is 1.93. The van der Waals surface area contributed by atoms with Crippen LogP contribution < -0.4 is 4.74 Å². The van der Waals surface area contributed by atoms with E-state index in [1.54, 1.807) is 14.2 Å². The molecule has 0 aliphatic carbocycles. The summed E-state index contributed by atoms with van der Waals surface area (Å²) in [7, 11) is 3.29. The number of carbonyl (C=O) groups excluding carboxylic acids is 1. The molecule has 5 heteroatoms. The number of hydrogen-bond donors (Lipinski definition) is 0. The van der Waals surface area contributed by atoms with Crippen molar-refractivity contribution in [1.29, 1.82) is 0 Å². The SMILES string of the molecule is COCCN(CCBr)C(=O)CCc1ccc(OC)cc1. The van der Waals surface area contributed by atoms with Gasteiger partial charge in [-0.15, -0.1) is 0 Å². The number of halogens is 1. The van der Waals surface area contributed by atoms with E-state index in [9.17, 15) is 4.79 Å². The Morgan fingerprint density at radius 2 is 1.90 bits per heavy atom. The fraction of sp³-hybridized carbons (Fsp3) is 0.533. The lowest BCUT2D eigenvalue weighted by molar-refractivity contribution is -0.131. The van der Waals surface area contributed by atoms with Crippen molar-refractivity contribution in [2.45, 2.75) is 12.8 Å². The van der Waals surface area contributed by atoms with E-state index in [0.717, 1.165) is 23.1 Å². The minimum atomic E-state index is 0.164. The number of ether oxygens (including phenoxy) is 2. The van der Waals surface area contributed by atoms with Crippen LogP contribution in [0.15, 0.2) is 24.3 Å². The third-order valence-corrected chi connectivity index (χ3v) is 3.41. The monoisotopic (exact) mass is 343 g/mol. The molecule has 1 rings (SSSR count). The molecular formula is C15H22BrNO3. The van der Waals surface area contributed by atoms with Crippen LogP contribution in [0.4, 0.5) is 0 Å². The zero-order valence-electron chi connectivity index (χ0n) is 12.1. The maximum absolute atomic E-state index is 12.2. The van der Waals surface area contributed by atoms with Crippen molar-refractivity contribution >= 4 is 21.8 Å². The quantitative estimate of drug-likeness (QED) is 0.646. The Bertz CT molecular complexity index is 395. The summed E-state index contributed by atoms with van der Waals surface area (Å²) in [5.41, 5.74) is 1.14. The lowest BCUT2D eigenvalue weighted by Crippen LogP contribution is -2.35. The van der Waals surface area contributed by atoms with Crippen LogP contribution >= 0.6 is 15.9 Å². The third kappa shape index (κ3) is 5.92. The number of methoxy groups -OCH3 is 2. The molecule has 0 unspecified atom stereocenters. The molecule has 0 aromatic heterocycles. The predicted octanol–water partition coefficient (Wildman–Crippen LogP) is 2.50. The third-order valence-electron chi connectivity index (χ3n) is 3.06. The Kier molecular flexibility index (Phi) is 8.30. The maximum atomic E-state index is 12.2. The Morgan fingerprint density at radius 1 is 1.20 bits per heavy atom. The second-order valence-corrected chi connectivity index (χ2v) is 5.20. The molecule has 112 valence electrons. The Labute approximate surface area is 129 Å². The van der Waals surface area contributed by atoms with Gasteiger partial charge in [0.1, 0.15) is 5.75 Å². The van der Waals surface area contributed by atoms with E-state index in [-0.39, 0.29) is 5.91 Å². The molecule has 0 radical (unpaired) electrons. The molecule has 0 aliphatic rings. The molecule has 0 atom stereocenters. The lowest BCUT2D eigenvalue weighted by Gasteiger charge is -2.21. The van der Waals surface area contributed by atoms with Gasteiger partial charge in [-0.1, -0.05) is 28.1 Å². The van der Waals surface area contributed by atoms with Gasteiger partial charge in [-0.05, 0) is 24.1 Å². The number of benzene rings is 1. The van der Waals surface area contributed by atoms with Crippen molar-refractivity contribution in [2.24, 2.45) is 0 Å². The highest BCUT2D eigenvalue weighted by atomic mass is 79.9. The normalized spacial score (nSPS) is 10.3. The molecule has 0 saturated carbocycles. The highest BCUT2D eigenvalue weighted by molar-refractivity contribution is 9.09. The first kappa shape index (κ1) is 17.0. The van der Waals surface area contributed by atoms with Crippen LogP contribution in [0.2, 0.25) is 0 Å². The van der Waals surface area contributed by atoms with Gasteiger partial charge in [0.25, 0.3) is 0 Å². The van der Waals surface area contributed by atoms with E-state index in [0.29, 0.717) is 26.1 Å². The first-order chi connectivity index (χ1) is 9.71. The number of amides is 1. The summed E-state index contributed by atoms with van der Waals surface area (Å²) in [6.07, 6.45) is 1.26. The summed E-state index contributed by atoms with van der Waals surface area (Å²) in [5.74, 6) is 0.999. The number of hydrogen-bond acceptors (Lipinski definition) is 3.